The Morgan fingerprint density at radius 3 is 2.67 bits per heavy atom. The minimum atomic E-state index is -0.179. The van der Waals surface area contributed by atoms with Crippen molar-refractivity contribution >= 4 is 40.5 Å². The van der Waals surface area contributed by atoms with Crippen molar-refractivity contribution in [3.05, 3.63) is 27.3 Å². The molecule has 21 heavy (non-hydrogen) atoms. The molecule has 1 aliphatic heterocycles. The number of ether oxygens (including phenoxy) is 1. The fourth-order valence-corrected chi connectivity index (χ4v) is 3.94. The van der Waals surface area contributed by atoms with Gasteiger partial charge < -0.3 is 4.74 Å². The quantitative estimate of drug-likeness (QED) is 0.571. The molecule has 0 N–H and O–H groups in total. The SMILES string of the molecule is COCCCN1C(=O)C(SC(C)C)=C(c2cccs2)C1=O. The molecule has 2 rings (SSSR count). The Kier molecular flexibility index (Phi) is 5.61. The average Bonchev–Trinajstić information content (AvgIpc) is 3.01. The third-order valence-corrected chi connectivity index (χ3v) is 4.95. The van der Waals surface area contributed by atoms with Crippen molar-refractivity contribution in [3.63, 3.8) is 0 Å². The van der Waals surface area contributed by atoms with Crippen LogP contribution in [0.2, 0.25) is 0 Å². The van der Waals surface area contributed by atoms with Crippen molar-refractivity contribution in [2.75, 3.05) is 20.3 Å². The molecular formula is C15H19NO3S2. The summed E-state index contributed by atoms with van der Waals surface area (Å²) in [5.74, 6) is -0.347. The van der Waals surface area contributed by atoms with Gasteiger partial charge in [0.05, 0.1) is 10.5 Å². The van der Waals surface area contributed by atoms with Crippen LogP contribution in [-0.4, -0.2) is 42.2 Å². The molecular weight excluding hydrogens is 306 g/mol. The molecule has 1 aromatic heterocycles. The van der Waals surface area contributed by atoms with Crippen molar-refractivity contribution in [2.45, 2.75) is 25.5 Å². The fraction of sp³-hybridized carbons (Fsp3) is 0.467. The molecule has 0 aromatic carbocycles. The minimum absolute atomic E-state index is 0.168. The molecule has 4 nitrogen and oxygen atoms in total. The highest BCUT2D eigenvalue weighted by Gasteiger charge is 2.39. The lowest BCUT2D eigenvalue weighted by molar-refractivity contribution is -0.136. The predicted molar refractivity (Wildman–Crippen MR) is 87.2 cm³/mol. The van der Waals surface area contributed by atoms with Crippen molar-refractivity contribution in [1.82, 2.24) is 4.90 Å². The van der Waals surface area contributed by atoms with E-state index in [2.05, 4.69) is 0 Å². The number of carbonyl (C=O) groups excluding carboxylic acids is 2. The van der Waals surface area contributed by atoms with Crippen LogP contribution in [0.1, 0.15) is 25.1 Å². The first-order valence-electron chi connectivity index (χ1n) is 6.86. The number of hydrogen-bond acceptors (Lipinski definition) is 5. The van der Waals surface area contributed by atoms with E-state index in [1.54, 1.807) is 7.11 Å². The second-order valence-corrected chi connectivity index (χ2v) is 7.49. The van der Waals surface area contributed by atoms with Crippen LogP contribution in [0.3, 0.4) is 0 Å². The molecule has 2 heterocycles. The van der Waals surface area contributed by atoms with Gasteiger partial charge in [-0.05, 0) is 17.9 Å². The van der Waals surface area contributed by atoms with Gasteiger partial charge in [-0.25, -0.2) is 0 Å². The number of rotatable bonds is 7. The van der Waals surface area contributed by atoms with Crippen LogP contribution in [0.5, 0.6) is 0 Å². The number of thioether (sulfide) groups is 1. The Bertz CT molecular complexity index is 549. The first kappa shape index (κ1) is 16.3. The summed E-state index contributed by atoms with van der Waals surface area (Å²) in [5.41, 5.74) is 0.561. The molecule has 6 heteroatoms. The molecule has 1 aromatic rings. The normalized spacial score (nSPS) is 15.7. The monoisotopic (exact) mass is 325 g/mol. The number of amides is 2. The first-order chi connectivity index (χ1) is 10.1. The van der Waals surface area contributed by atoms with Gasteiger partial charge in [0.2, 0.25) is 0 Å². The zero-order valence-electron chi connectivity index (χ0n) is 12.4. The van der Waals surface area contributed by atoms with E-state index in [0.29, 0.717) is 30.1 Å². The van der Waals surface area contributed by atoms with E-state index in [4.69, 9.17) is 4.74 Å². The molecule has 0 radical (unpaired) electrons. The maximum Gasteiger partial charge on any atom is 0.268 e. The van der Waals surface area contributed by atoms with Gasteiger partial charge in [0.15, 0.2) is 0 Å². The Morgan fingerprint density at radius 2 is 2.10 bits per heavy atom. The summed E-state index contributed by atoms with van der Waals surface area (Å²) in [6.07, 6.45) is 0.658. The fourth-order valence-electron chi connectivity index (χ4n) is 2.11. The third kappa shape index (κ3) is 3.56. The van der Waals surface area contributed by atoms with Gasteiger partial charge >= 0.3 is 0 Å². The predicted octanol–water partition coefficient (Wildman–Crippen LogP) is 3.01. The Hall–Kier alpha value is -1.11. The van der Waals surface area contributed by atoms with E-state index in [9.17, 15) is 9.59 Å². The lowest BCUT2D eigenvalue weighted by atomic mass is 10.2. The van der Waals surface area contributed by atoms with Crippen molar-refractivity contribution in [1.29, 1.82) is 0 Å². The van der Waals surface area contributed by atoms with Gasteiger partial charge in [-0.2, -0.15) is 0 Å². The van der Waals surface area contributed by atoms with Crippen molar-refractivity contribution < 1.29 is 14.3 Å². The van der Waals surface area contributed by atoms with E-state index in [1.165, 1.54) is 28.0 Å². The van der Waals surface area contributed by atoms with Gasteiger partial charge in [-0.3, -0.25) is 14.5 Å². The van der Waals surface area contributed by atoms with Crippen LogP contribution in [0.4, 0.5) is 0 Å². The van der Waals surface area contributed by atoms with Gasteiger partial charge in [0, 0.05) is 30.4 Å². The Labute approximate surface area is 133 Å². The molecule has 0 fully saturated rings. The van der Waals surface area contributed by atoms with Crippen LogP contribution in [0, 0.1) is 0 Å². The van der Waals surface area contributed by atoms with Gasteiger partial charge in [0.25, 0.3) is 11.8 Å². The van der Waals surface area contributed by atoms with Crippen LogP contribution >= 0.6 is 23.1 Å². The van der Waals surface area contributed by atoms with Crippen LogP contribution in [-0.2, 0) is 14.3 Å². The van der Waals surface area contributed by atoms with Gasteiger partial charge in [0.1, 0.15) is 0 Å². The molecule has 0 aliphatic carbocycles. The van der Waals surface area contributed by atoms with E-state index in [-0.39, 0.29) is 17.1 Å². The van der Waals surface area contributed by atoms with E-state index >= 15 is 0 Å². The number of thiophene rings is 1. The summed E-state index contributed by atoms with van der Waals surface area (Å²) in [6, 6.07) is 3.79. The summed E-state index contributed by atoms with van der Waals surface area (Å²) in [5, 5.41) is 2.18. The minimum Gasteiger partial charge on any atom is -0.385 e. The van der Waals surface area contributed by atoms with Crippen molar-refractivity contribution in [2.24, 2.45) is 0 Å². The van der Waals surface area contributed by atoms with E-state index < -0.39 is 0 Å². The second-order valence-electron chi connectivity index (χ2n) is 4.96. The highest BCUT2D eigenvalue weighted by molar-refractivity contribution is 8.04. The molecule has 0 bridgehead atoms. The molecule has 114 valence electrons. The second kappa shape index (κ2) is 7.24. The zero-order valence-corrected chi connectivity index (χ0v) is 14.1. The Morgan fingerprint density at radius 1 is 1.33 bits per heavy atom. The zero-order chi connectivity index (χ0) is 15.4. The molecule has 0 spiro atoms. The smallest absolute Gasteiger partial charge is 0.268 e. The van der Waals surface area contributed by atoms with Gasteiger partial charge in [-0.15, -0.1) is 23.1 Å². The number of nitrogens with zero attached hydrogens (tertiary/aromatic N) is 1. The summed E-state index contributed by atoms with van der Waals surface area (Å²) >= 11 is 2.96. The first-order valence-corrected chi connectivity index (χ1v) is 8.62. The molecule has 2 amide bonds. The maximum absolute atomic E-state index is 12.6. The molecule has 1 aliphatic rings. The lowest BCUT2D eigenvalue weighted by Gasteiger charge is -2.14. The molecule has 0 saturated heterocycles. The Balaban J connectivity index is 2.28. The average molecular weight is 325 g/mol. The summed E-state index contributed by atoms with van der Waals surface area (Å²) < 4.78 is 5.00. The summed E-state index contributed by atoms with van der Waals surface area (Å²) in [7, 11) is 1.61. The molecule has 0 saturated carbocycles. The third-order valence-electron chi connectivity index (χ3n) is 2.98. The number of hydrogen-bond donors (Lipinski definition) is 0. The highest BCUT2D eigenvalue weighted by atomic mass is 32.2. The van der Waals surface area contributed by atoms with E-state index in [1.807, 2.05) is 31.4 Å². The number of methoxy groups -OCH3 is 1. The van der Waals surface area contributed by atoms with Gasteiger partial charge in [-0.1, -0.05) is 19.9 Å². The summed E-state index contributed by atoms with van der Waals surface area (Å²) in [4.78, 5) is 27.9. The van der Waals surface area contributed by atoms with Crippen LogP contribution < -0.4 is 0 Å². The maximum atomic E-state index is 12.6. The lowest BCUT2D eigenvalue weighted by Crippen LogP contribution is -2.33. The van der Waals surface area contributed by atoms with Crippen LogP contribution in [0.25, 0.3) is 5.57 Å². The number of imide groups is 1. The molecule has 0 atom stereocenters. The summed E-state index contributed by atoms with van der Waals surface area (Å²) in [6.45, 7) is 4.99. The number of carbonyl (C=O) groups is 2. The van der Waals surface area contributed by atoms with Crippen LogP contribution in [0.15, 0.2) is 22.4 Å². The van der Waals surface area contributed by atoms with E-state index in [0.717, 1.165) is 4.88 Å². The highest BCUT2D eigenvalue weighted by Crippen LogP contribution is 2.39. The molecule has 0 unspecified atom stereocenters. The topological polar surface area (TPSA) is 46.6 Å². The standard InChI is InChI=1S/C15H19NO3S2/c1-10(2)21-13-12(11-6-4-9-20-11)14(17)16(15(13)18)7-5-8-19-3/h4,6,9-10H,5,7-8H2,1-3H3. The largest absolute Gasteiger partial charge is 0.385 e. The van der Waals surface area contributed by atoms with Crippen molar-refractivity contribution in [3.8, 4) is 0 Å².